The molecule has 1 amide bonds. The van der Waals surface area contributed by atoms with Gasteiger partial charge in [-0.05, 0) is 23.8 Å². The largest absolute Gasteiger partial charge is 0.272 e. The van der Waals surface area contributed by atoms with Crippen molar-refractivity contribution in [2.45, 2.75) is 33.2 Å². The minimum atomic E-state index is -0.548. The Balaban J connectivity index is 1.81. The number of carbonyl (C=O) groups is 1. The van der Waals surface area contributed by atoms with Crippen molar-refractivity contribution in [3.8, 4) is 0 Å². The fourth-order valence-electron chi connectivity index (χ4n) is 3.38. The molecular formula is C22H21ClN4O. The highest BCUT2D eigenvalue weighted by molar-refractivity contribution is 6.30. The zero-order valence-corrected chi connectivity index (χ0v) is 16.8. The summed E-state index contributed by atoms with van der Waals surface area (Å²) in [7, 11) is 0. The highest BCUT2D eigenvalue weighted by Gasteiger charge is 2.38. The zero-order valence-electron chi connectivity index (χ0n) is 16.1. The average molecular weight is 393 g/mol. The van der Waals surface area contributed by atoms with Crippen LogP contribution >= 0.6 is 11.6 Å². The van der Waals surface area contributed by atoms with Gasteiger partial charge in [-0.15, -0.1) is 0 Å². The molecule has 1 aliphatic rings. The summed E-state index contributed by atoms with van der Waals surface area (Å²) in [4.78, 5) is 22.1. The Morgan fingerprint density at radius 3 is 2.50 bits per heavy atom. The highest BCUT2D eigenvalue weighted by Crippen LogP contribution is 2.38. The first-order valence-electron chi connectivity index (χ1n) is 9.21. The number of amides is 1. The van der Waals surface area contributed by atoms with Crippen molar-refractivity contribution >= 4 is 34.3 Å². The number of hydrazone groups is 1. The molecule has 0 saturated heterocycles. The molecule has 0 N–H and O–H groups in total. The lowest BCUT2D eigenvalue weighted by Gasteiger charge is -2.28. The predicted octanol–water partition coefficient (Wildman–Crippen LogP) is 5.01. The van der Waals surface area contributed by atoms with Crippen LogP contribution in [0.5, 0.6) is 0 Å². The molecule has 1 atom stereocenters. The Hall–Kier alpha value is -2.79. The molecule has 0 fully saturated rings. The summed E-state index contributed by atoms with van der Waals surface area (Å²) in [6.07, 6.45) is 3.96. The SMILES string of the molecule is CC(C)(C)C(=O)N1N=C(c2ccc(Cl)cc2)C[C@@H]1c1cccc2nccnc12. The number of rotatable bonds is 2. The first-order chi connectivity index (χ1) is 13.3. The van der Waals surface area contributed by atoms with Crippen molar-refractivity contribution in [2.75, 3.05) is 0 Å². The fraction of sp³-hybridized carbons (Fsp3) is 0.273. The maximum absolute atomic E-state index is 13.2. The molecule has 0 bridgehead atoms. The maximum Gasteiger partial charge on any atom is 0.248 e. The third kappa shape index (κ3) is 3.38. The van der Waals surface area contributed by atoms with Gasteiger partial charge in [-0.25, -0.2) is 5.01 Å². The van der Waals surface area contributed by atoms with E-state index in [-0.39, 0.29) is 11.9 Å². The first-order valence-corrected chi connectivity index (χ1v) is 9.59. The van der Waals surface area contributed by atoms with Gasteiger partial charge < -0.3 is 0 Å². The van der Waals surface area contributed by atoms with Crippen molar-refractivity contribution in [3.05, 3.63) is 71.0 Å². The van der Waals surface area contributed by atoms with Crippen LogP contribution in [0.15, 0.2) is 60.0 Å². The maximum atomic E-state index is 13.2. The number of carbonyl (C=O) groups excluding carboxylic acids is 1. The third-order valence-corrected chi connectivity index (χ3v) is 5.08. The summed E-state index contributed by atoms with van der Waals surface area (Å²) in [6.45, 7) is 5.72. The Labute approximate surface area is 169 Å². The van der Waals surface area contributed by atoms with E-state index in [1.807, 2.05) is 63.2 Å². The van der Waals surface area contributed by atoms with Gasteiger partial charge in [-0.3, -0.25) is 14.8 Å². The lowest BCUT2D eigenvalue weighted by Crippen LogP contribution is -2.36. The summed E-state index contributed by atoms with van der Waals surface area (Å²) < 4.78 is 0. The van der Waals surface area contributed by atoms with Crippen LogP contribution in [0.1, 0.15) is 44.4 Å². The van der Waals surface area contributed by atoms with Crippen LogP contribution < -0.4 is 0 Å². The van der Waals surface area contributed by atoms with Crippen molar-refractivity contribution < 1.29 is 4.79 Å². The van der Waals surface area contributed by atoms with Crippen molar-refractivity contribution in [1.29, 1.82) is 0 Å². The number of benzene rings is 2. The third-order valence-electron chi connectivity index (χ3n) is 4.83. The van der Waals surface area contributed by atoms with Crippen molar-refractivity contribution in [3.63, 3.8) is 0 Å². The molecule has 2 aromatic carbocycles. The number of fused-ring (bicyclic) bond motifs is 1. The number of aromatic nitrogens is 2. The first kappa shape index (κ1) is 18.6. The van der Waals surface area contributed by atoms with E-state index >= 15 is 0 Å². The van der Waals surface area contributed by atoms with E-state index in [1.165, 1.54) is 0 Å². The monoisotopic (exact) mass is 392 g/mol. The van der Waals surface area contributed by atoms with Crippen molar-refractivity contribution in [2.24, 2.45) is 10.5 Å². The summed E-state index contributed by atoms with van der Waals surface area (Å²) in [5.74, 6) is -0.0256. The second-order valence-corrected chi connectivity index (χ2v) is 8.38. The molecule has 5 nitrogen and oxygen atoms in total. The van der Waals surface area contributed by atoms with Gasteiger partial charge in [0.05, 0.1) is 22.8 Å². The van der Waals surface area contributed by atoms with Crippen molar-refractivity contribution in [1.82, 2.24) is 15.0 Å². The molecular weight excluding hydrogens is 372 g/mol. The highest BCUT2D eigenvalue weighted by atomic mass is 35.5. The summed E-state index contributed by atoms with van der Waals surface area (Å²) in [5.41, 5.74) is 3.84. The summed E-state index contributed by atoms with van der Waals surface area (Å²) in [6, 6.07) is 13.2. The second-order valence-electron chi connectivity index (χ2n) is 7.94. The van der Waals surface area contributed by atoms with Crippen LogP contribution in [0.3, 0.4) is 0 Å². The van der Waals surface area contributed by atoms with E-state index in [4.69, 9.17) is 16.7 Å². The molecule has 0 aliphatic carbocycles. The molecule has 142 valence electrons. The molecule has 4 rings (SSSR count). The van der Waals surface area contributed by atoms with Crippen LogP contribution in [0.4, 0.5) is 0 Å². The minimum absolute atomic E-state index is 0.0256. The molecule has 0 unspecified atom stereocenters. The zero-order chi connectivity index (χ0) is 19.9. The molecule has 0 radical (unpaired) electrons. The van der Waals surface area contributed by atoms with Gasteiger partial charge in [0.25, 0.3) is 0 Å². The van der Waals surface area contributed by atoms with Gasteiger partial charge in [0, 0.05) is 34.8 Å². The van der Waals surface area contributed by atoms with Crippen LogP contribution in [-0.2, 0) is 4.79 Å². The number of halogens is 1. The Bertz CT molecular complexity index is 1060. The van der Waals surface area contributed by atoms with E-state index in [1.54, 1.807) is 17.4 Å². The average Bonchev–Trinajstić information content (AvgIpc) is 3.11. The molecule has 3 aromatic rings. The van der Waals surface area contributed by atoms with Gasteiger partial charge in [0.1, 0.15) is 0 Å². The molecule has 1 aromatic heterocycles. The van der Waals surface area contributed by atoms with Crippen LogP contribution in [0.2, 0.25) is 5.02 Å². The van der Waals surface area contributed by atoms with Gasteiger partial charge in [0.2, 0.25) is 5.91 Å². The molecule has 0 saturated carbocycles. The van der Waals surface area contributed by atoms with E-state index in [0.29, 0.717) is 11.4 Å². The standard InChI is InChI=1S/C22H21ClN4O/c1-22(2,3)21(28)27-19(13-18(26-27)14-7-9-15(23)10-8-14)16-5-4-6-17-20(16)25-12-11-24-17/h4-12,19H,13H2,1-3H3/t19-/m1/s1. The second kappa shape index (κ2) is 6.99. The normalized spacial score (nSPS) is 17.1. The van der Waals surface area contributed by atoms with E-state index in [0.717, 1.165) is 27.9 Å². The number of nitrogens with zero attached hydrogens (tertiary/aromatic N) is 4. The van der Waals surface area contributed by atoms with Gasteiger partial charge in [-0.2, -0.15) is 5.10 Å². The number of para-hydroxylation sites is 1. The smallest absolute Gasteiger partial charge is 0.248 e. The fourth-order valence-corrected chi connectivity index (χ4v) is 3.51. The molecule has 0 spiro atoms. The van der Waals surface area contributed by atoms with E-state index in [2.05, 4.69) is 9.97 Å². The number of hydrogen-bond donors (Lipinski definition) is 0. The van der Waals surface area contributed by atoms with Crippen LogP contribution in [-0.4, -0.2) is 26.6 Å². The molecule has 6 heteroatoms. The Kier molecular flexibility index (Phi) is 4.63. The molecule has 1 aliphatic heterocycles. The number of hydrogen-bond acceptors (Lipinski definition) is 4. The molecule has 2 heterocycles. The minimum Gasteiger partial charge on any atom is -0.272 e. The Morgan fingerprint density at radius 1 is 1.07 bits per heavy atom. The lowest BCUT2D eigenvalue weighted by molar-refractivity contribution is -0.141. The summed E-state index contributed by atoms with van der Waals surface area (Å²) in [5, 5.41) is 7.02. The van der Waals surface area contributed by atoms with Gasteiger partial charge in [0.15, 0.2) is 0 Å². The van der Waals surface area contributed by atoms with E-state index < -0.39 is 5.41 Å². The van der Waals surface area contributed by atoms with Crippen LogP contribution in [0, 0.1) is 5.41 Å². The van der Waals surface area contributed by atoms with Gasteiger partial charge in [-0.1, -0.05) is 56.6 Å². The van der Waals surface area contributed by atoms with Crippen LogP contribution in [0.25, 0.3) is 11.0 Å². The summed E-state index contributed by atoms with van der Waals surface area (Å²) >= 11 is 6.03. The topological polar surface area (TPSA) is 58.5 Å². The lowest BCUT2D eigenvalue weighted by atomic mass is 9.92. The van der Waals surface area contributed by atoms with E-state index in [9.17, 15) is 4.79 Å². The Morgan fingerprint density at radius 2 is 1.79 bits per heavy atom. The predicted molar refractivity (Wildman–Crippen MR) is 111 cm³/mol. The molecule has 28 heavy (non-hydrogen) atoms. The quantitative estimate of drug-likeness (QED) is 0.616. The van der Waals surface area contributed by atoms with Gasteiger partial charge >= 0.3 is 0 Å².